The summed E-state index contributed by atoms with van der Waals surface area (Å²) < 4.78 is 15.7. The van der Waals surface area contributed by atoms with Gasteiger partial charge in [0.2, 0.25) is 5.78 Å². The summed E-state index contributed by atoms with van der Waals surface area (Å²) in [4.78, 5) is 24.8. The molecule has 2 amide bonds. The molecule has 0 saturated heterocycles. The van der Waals surface area contributed by atoms with E-state index in [0.29, 0.717) is 36.7 Å². The third-order valence-corrected chi connectivity index (χ3v) is 7.33. The predicted octanol–water partition coefficient (Wildman–Crippen LogP) is 3.03. The van der Waals surface area contributed by atoms with E-state index in [4.69, 9.17) is 15.2 Å². The van der Waals surface area contributed by atoms with Gasteiger partial charge in [-0.3, -0.25) is 9.48 Å². The average molecular weight is 559 g/mol. The highest BCUT2D eigenvalue weighted by Gasteiger charge is 2.30. The number of allylic oxidation sites excluding steroid dienone is 1. The number of methoxy groups -OCH3 is 1. The van der Waals surface area contributed by atoms with Crippen LogP contribution in [0, 0.1) is 13.8 Å². The van der Waals surface area contributed by atoms with Gasteiger partial charge in [0.1, 0.15) is 11.5 Å². The second-order valence-electron chi connectivity index (χ2n) is 9.93. The lowest BCUT2D eigenvalue weighted by atomic mass is 10.0. The van der Waals surface area contributed by atoms with Crippen molar-refractivity contribution in [3.05, 3.63) is 70.2 Å². The monoisotopic (exact) mass is 558 g/mol. The molecule has 1 aliphatic rings. The van der Waals surface area contributed by atoms with Crippen LogP contribution < -0.4 is 25.8 Å². The molecule has 0 unspecified atom stereocenters. The zero-order valence-electron chi connectivity index (χ0n) is 23.6. The number of fused-ring (bicyclic) bond motifs is 2. The molecule has 3 heterocycles. The normalized spacial score (nSPS) is 13.6. The molecule has 4 aromatic rings. The molecule has 2 aromatic heterocycles. The largest absolute Gasteiger partial charge is 0.497 e. The number of benzene rings is 2. The van der Waals surface area contributed by atoms with Gasteiger partial charge in [-0.1, -0.05) is 6.07 Å². The Balaban J connectivity index is 1.69. The van der Waals surface area contributed by atoms with Crippen LogP contribution >= 0.6 is 0 Å². The molecule has 0 saturated carbocycles. The molecule has 1 aliphatic heterocycles. The summed E-state index contributed by atoms with van der Waals surface area (Å²) in [5, 5.41) is 20.6. The molecule has 11 heteroatoms. The molecule has 214 valence electrons. The van der Waals surface area contributed by atoms with Gasteiger partial charge in [0.15, 0.2) is 5.76 Å². The zero-order valence-corrected chi connectivity index (χ0v) is 23.6. The second-order valence-corrected chi connectivity index (χ2v) is 9.93. The van der Waals surface area contributed by atoms with Gasteiger partial charge in [-0.25, -0.2) is 4.79 Å². The van der Waals surface area contributed by atoms with E-state index in [1.165, 1.54) is 0 Å². The number of hydrogen-bond acceptors (Lipinski definition) is 7. The number of aliphatic hydroxyl groups is 1. The highest BCUT2D eigenvalue weighted by Crippen LogP contribution is 2.41. The number of aromatic nitrogens is 3. The number of carbonyl (C=O) groups excluding carboxylic acids is 2. The number of rotatable bonds is 10. The van der Waals surface area contributed by atoms with Crippen LogP contribution in [0.1, 0.15) is 32.9 Å². The van der Waals surface area contributed by atoms with Gasteiger partial charge in [-0.2, -0.15) is 5.10 Å². The van der Waals surface area contributed by atoms with Gasteiger partial charge < -0.3 is 35.5 Å². The number of Topliss-reactive ketones (excluding diaryl/α,β-unsaturated/α-hetero) is 1. The van der Waals surface area contributed by atoms with E-state index in [1.54, 1.807) is 31.4 Å². The number of amides is 2. The van der Waals surface area contributed by atoms with Crippen LogP contribution in [0.15, 0.2) is 42.2 Å². The van der Waals surface area contributed by atoms with Crippen molar-refractivity contribution in [2.75, 3.05) is 26.8 Å². The lowest BCUT2D eigenvalue weighted by molar-refractivity contribution is 0.101. The van der Waals surface area contributed by atoms with Crippen LogP contribution in [0.2, 0.25) is 0 Å². The van der Waals surface area contributed by atoms with Gasteiger partial charge in [-0.15, -0.1) is 0 Å². The highest BCUT2D eigenvalue weighted by molar-refractivity contribution is 6.16. The number of ether oxygens (including phenoxy) is 2. The van der Waals surface area contributed by atoms with Crippen molar-refractivity contribution in [1.29, 1.82) is 0 Å². The predicted molar refractivity (Wildman–Crippen MR) is 156 cm³/mol. The Morgan fingerprint density at radius 1 is 1.20 bits per heavy atom. The molecular formula is C30H34N6O5. The number of nitrogens with two attached hydrogens (primary N) is 1. The number of ketones is 1. The Morgan fingerprint density at radius 3 is 2.68 bits per heavy atom. The minimum atomic E-state index is -0.638. The highest BCUT2D eigenvalue weighted by atomic mass is 16.5. The summed E-state index contributed by atoms with van der Waals surface area (Å²) in [6.45, 7) is 5.97. The van der Waals surface area contributed by atoms with E-state index < -0.39 is 6.03 Å². The number of carbonyl (C=O) groups is 2. The van der Waals surface area contributed by atoms with E-state index in [0.717, 1.165) is 44.7 Å². The Hall–Kier alpha value is -4.61. The number of primary amides is 1. The van der Waals surface area contributed by atoms with Crippen LogP contribution in [-0.4, -0.2) is 58.1 Å². The lowest BCUT2D eigenvalue weighted by Crippen LogP contribution is -2.28. The smallest absolute Gasteiger partial charge is 0.312 e. The maximum Gasteiger partial charge on any atom is 0.312 e. The van der Waals surface area contributed by atoms with Crippen molar-refractivity contribution in [3.63, 3.8) is 0 Å². The SMILES string of the molecule is COc1ccc2c(c1)c(C=C1Oc3ccc(CNC(N)=O)cc3C1=O)c(-c1c(C)nn(C)c1C)n2CCNCCO. The Kier molecular flexibility index (Phi) is 7.82. The second kappa shape index (κ2) is 11.5. The molecule has 0 spiro atoms. The quantitative estimate of drug-likeness (QED) is 0.173. The Morgan fingerprint density at radius 2 is 2.00 bits per heavy atom. The molecule has 0 atom stereocenters. The molecule has 5 N–H and O–H groups in total. The van der Waals surface area contributed by atoms with Gasteiger partial charge in [0, 0.05) is 61.0 Å². The van der Waals surface area contributed by atoms with Crippen LogP contribution in [0.5, 0.6) is 11.5 Å². The average Bonchev–Trinajstić information content (AvgIpc) is 3.52. The molecule has 2 aromatic carbocycles. The molecule has 0 fully saturated rings. The first-order valence-corrected chi connectivity index (χ1v) is 13.4. The number of urea groups is 1. The fourth-order valence-corrected chi connectivity index (χ4v) is 5.31. The van der Waals surface area contributed by atoms with Gasteiger partial charge in [-0.05, 0) is 55.8 Å². The van der Waals surface area contributed by atoms with Crippen molar-refractivity contribution in [3.8, 4) is 22.8 Å². The first-order valence-electron chi connectivity index (χ1n) is 13.4. The zero-order chi connectivity index (χ0) is 29.3. The summed E-state index contributed by atoms with van der Waals surface area (Å²) in [6, 6.07) is 10.5. The van der Waals surface area contributed by atoms with E-state index in [1.807, 2.05) is 43.8 Å². The summed E-state index contributed by atoms with van der Waals surface area (Å²) in [5.41, 5.74) is 11.9. The first kappa shape index (κ1) is 27.9. The molecule has 41 heavy (non-hydrogen) atoms. The summed E-state index contributed by atoms with van der Waals surface area (Å²) in [5.74, 6) is 1.09. The standard InChI is InChI=1S/C30H34N6O5/c1-17-27(18(2)35(3)34-17)28-22(21-14-20(40-4)6-7-24(21)36(28)11-9-32-10-12-37)15-26-29(38)23-13-19(16-33-30(31)39)5-8-25(23)41-26/h5-8,13-15,32,37H,9-12,16H2,1-4H3,(H3,31,33,39). The van der Waals surface area contributed by atoms with Crippen molar-refractivity contribution in [2.45, 2.75) is 26.9 Å². The number of aryl methyl sites for hydroxylation is 2. The van der Waals surface area contributed by atoms with E-state index >= 15 is 0 Å². The van der Waals surface area contributed by atoms with Crippen LogP contribution in [0.25, 0.3) is 28.2 Å². The number of nitrogens with one attached hydrogen (secondary N) is 2. The Bertz CT molecular complexity index is 1680. The minimum absolute atomic E-state index is 0.0506. The van der Waals surface area contributed by atoms with Crippen molar-refractivity contribution < 1.29 is 24.2 Å². The molecule has 11 nitrogen and oxygen atoms in total. The van der Waals surface area contributed by atoms with Crippen molar-refractivity contribution in [1.82, 2.24) is 25.0 Å². The molecule has 0 bridgehead atoms. The summed E-state index contributed by atoms with van der Waals surface area (Å²) >= 11 is 0. The van der Waals surface area contributed by atoms with Crippen LogP contribution in [-0.2, 0) is 20.1 Å². The number of aliphatic hydroxyl groups excluding tert-OH is 1. The minimum Gasteiger partial charge on any atom is -0.497 e. The van der Waals surface area contributed by atoms with Crippen molar-refractivity contribution in [2.24, 2.45) is 12.8 Å². The number of hydrogen-bond donors (Lipinski definition) is 4. The van der Waals surface area contributed by atoms with Crippen LogP contribution in [0.3, 0.4) is 0 Å². The molecule has 0 radical (unpaired) electrons. The molecule has 5 rings (SSSR count). The molecule has 0 aliphatic carbocycles. The maximum absolute atomic E-state index is 13.6. The third kappa shape index (κ3) is 5.29. The molecular weight excluding hydrogens is 524 g/mol. The van der Waals surface area contributed by atoms with Crippen molar-refractivity contribution >= 4 is 28.8 Å². The van der Waals surface area contributed by atoms with Gasteiger partial charge in [0.05, 0.1) is 30.7 Å². The Labute approximate surface area is 237 Å². The summed E-state index contributed by atoms with van der Waals surface area (Å²) in [6.07, 6.45) is 1.80. The first-order chi connectivity index (χ1) is 19.7. The fourth-order valence-electron chi connectivity index (χ4n) is 5.31. The van der Waals surface area contributed by atoms with Crippen LogP contribution in [0.4, 0.5) is 4.79 Å². The van der Waals surface area contributed by atoms with E-state index in [9.17, 15) is 14.7 Å². The summed E-state index contributed by atoms with van der Waals surface area (Å²) in [7, 11) is 3.53. The van der Waals surface area contributed by atoms with E-state index in [2.05, 4.69) is 20.3 Å². The third-order valence-electron chi connectivity index (χ3n) is 7.33. The topological polar surface area (TPSA) is 146 Å². The fraction of sp³-hybridized carbons (Fsp3) is 0.300. The van der Waals surface area contributed by atoms with Gasteiger partial charge in [0.25, 0.3) is 0 Å². The van der Waals surface area contributed by atoms with Gasteiger partial charge >= 0.3 is 6.03 Å². The lowest BCUT2D eigenvalue weighted by Gasteiger charge is -2.13. The number of nitrogens with zero attached hydrogens (tertiary/aromatic N) is 3. The van der Waals surface area contributed by atoms with E-state index in [-0.39, 0.29) is 24.7 Å². The maximum atomic E-state index is 13.6.